The van der Waals surface area contributed by atoms with Gasteiger partial charge in [0.15, 0.2) is 0 Å². The van der Waals surface area contributed by atoms with E-state index in [-0.39, 0.29) is 0 Å². The van der Waals surface area contributed by atoms with Crippen molar-refractivity contribution in [2.45, 2.75) is 0 Å². The predicted octanol–water partition coefficient (Wildman–Crippen LogP) is 0.689. The van der Waals surface area contributed by atoms with E-state index in [2.05, 4.69) is 4.98 Å². The zero-order chi connectivity index (χ0) is 8.81. The fraction of sp³-hybridized carbons (Fsp3) is 0.375. The number of nitrogen functional groups attached to an aromatic ring is 1. The number of hydrogen-bond acceptors (Lipinski definition) is 4. The summed E-state index contributed by atoms with van der Waals surface area (Å²) in [5, 5.41) is 0. The van der Waals surface area contributed by atoms with Crippen molar-refractivity contribution in [1.29, 1.82) is 0 Å². The Kier molecular flexibility index (Phi) is 3.35. The summed E-state index contributed by atoms with van der Waals surface area (Å²) in [5.41, 5.74) is 6.16. The van der Waals surface area contributed by atoms with Crippen LogP contribution in [0.5, 0.6) is 5.88 Å². The van der Waals surface area contributed by atoms with Crippen LogP contribution in [0.3, 0.4) is 0 Å². The molecular formula is C8H12N2O2. The van der Waals surface area contributed by atoms with Crippen LogP contribution in [-0.2, 0) is 4.74 Å². The second-order valence-corrected chi connectivity index (χ2v) is 2.27. The molecule has 0 atom stereocenters. The van der Waals surface area contributed by atoms with E-state index in [1.165, 1.54) is 0 Å². The fourth-order valence-electron chi connectivity index (χ4n) is 0.733. The van der Waals surface area contributed by atoms with Gasteiger partial charge in [0.1, 0.15) is 6.61 Å². The Morgan fingerprint density at radius 3 is 3.00 bits per heavy atom. The molecule has 0 aliphatic carbocycles. The van der Waals surface area contributed by atoms with Gasteiger partial charge < -0.3 is 15.2 Å². The van der Waals surface area contributed by atoms with Crippen LogP contribution in [0.15, 0.2) is 18.3 Å². The molecule has 0 saturated heterocycles. The molecule has 2 N–H and O–H groups in total. The summed E-state index contributed by atoms with van der Waals surface area (Å²) in [6.45, 7) is 1.05. The smallest absolute Gasteiger partial charge is 0.215 e. The molecule has 0 unspecified atom stereocenters. The van der Waals surface area contributed by atoms with Gasteiger partial charge in [-0.2, -0.15) is 0 Å². The number of pyridine rings is 1. The van der Waals surface area contributed by atoms with Crippen LogP contribution in [0, 0.1) is 0 Å². The van der Waals surface area contributed by atoms with Gasteiger partial charge in [0, 0.05) is 25.1 Å². The molecule has 0 aromatic carbocycles. The minimum absolute atomic E-state index is 0.493. The molecule has 1 heterocycles. The average Bonchev–Trinajstić information content (AvgIpc) is 2.05. The highest BCUT2D eigenvalue weighted by Crippen LogP contribution is 2.09. The molecule has 1 aromatic rings. The van der Waals surface area contributed by atoms with Gasteiger partial charge in [-0.05, 0) is 6.07 Å². The van der Waals surface area contributed by atoms with Crippen molar-refractivity contribution in [1.82, 2.24) is 4.98 Å². The number of hydrogen-bond donors (Lipinski definition) is 1. The van der Waals surface area contributed by atoms with Gasteiger partial charge in [0.05, 0.1) is 6.61 Å². The zero-order valence-electron chi connectivity index (χ0n) is 6.99. The van der Waals surface area contributed by atoms with Crippen LogP contribution >= 0.6 is 0 Å². The Morgan fingerprint density at radius 1 is 1.50 bits per heavy atom. The highest BCUT2D eigenvalue weighted by Gasteiger charge is 1.94. The van der Waals surface area contributed by atoms with Gasteiger partial charge in [-0.25, -0.2) is 4.98 Å². The van der Waals surface area contributed by atoms with Crippen molar-refractivity contribution >= 4 is 5.69 Å². The molecule has 0 aliphatic rings. The lowest BCUT2D eigenvalue weighted by Crippen LogP contribution is -2.05. The molecule has 0 spiro atoms. The molecule has 0 radical (unpaired) electrons. The summed E-state index contributed by atoms with van der Waals surface area (Å²) in [5.74, 6) is 0.534. The van der Waals surface area contributed by atoms with Gasteiger partial charge in [-0.15, -0.1) is 0 Å². The van der Waals surface area contributed by atoms with Crippen LogP contribution < -0.4 is 10.5 Å². The summed E-state index contributed by atoms with van der Waals surface area (Å²) in [4.78, 5) is 3.95. The Morgan fingerprint density at radius 2 is 2.33 bits per heavy atom. The van der Waals surface area contributed by atoms with E-state index in [1.54, 1.807) is 25.4 Å². The summed E-state index contributed by atoms with van der Waals surface area (Å²) in [7, 11) is 1.62. The van der Waals surface area contributed by atoms with Gasteiger partial charge in [0.25, 0.3) is 0 Å². The zero-order valence-corrected chi connectivity index (χ0v) is 6.99. The van der Waals surface area contributed by atoms with Crippen molar-refractivity contribution < 1.29 is 9.47 Å². The van der Waals surface area contributed by atoms with E-state index in [1.807, 2.05) is 0 Å². The largest absolute Gasteiger partial charge is 0.475 e. The molecule has 4 nitrogen and oxygen atoms in total. The molecule has 1 aromatic heterocycles. The lowest BCUT2D eigenvalue weighted by atomic mass is 10.4. The number of methoxy groups -OCH3 is 1. The molecule has 0 aliphatic heterocycles. The number of nitrogens with zero attached hydrogens (tertiary/aromatic N) is 1. The van der Waals surface area contributed by atoms with Crippen molar-refractivity contribution in [2.75, 3.05) is 26.1 Å². The Bertz CT molecular complexity index is 240. The standard InChI is InChI=1S/C8H12N2O2/c1-11-4-5-12-8-6-7(9)2-3-10-8/h2-3,6H,4-5H2,1H3,(H2,9,10). The minimum atomic E-state index is 0.493. The lowest BCUT2D eigenvalue weighted by molar-refractivity contribution is 0.144. The first-order valence-corrected chi connectivity index (χ1v) is 3.66. The third kappa shape index (κ3) is 2.75. The van der Waals surface area contributed by atoms with Crippen molar-refractivity contribution in [3.8, 4) is 5.88 Å². The Balaban J connectivity index is 2.41. The number of ether oxygens (including phenoxy) is 2. The minimum Gasteiger partial charge on any atom is -0.475 e. The second-order valence-electron chi connectivity index (χ2n) is 2.27. The molecule has 66 valence electrons. The summed E-state index contributed by atoms with van der Waals surface area (Å²) in [6, 6.07) is 3.39. The number of aromatic nitrogens is 1. The van der Waals surface area contributed by atoms with Gasteiger partial charge in [0.2, 0.25) is 5.88 Å². The van der Waals surface area contributed by atoms with Crippen LogP contribution in [-0.4, -0.2) is 25.3 Å². The predicted molar refractivity (Wildman–Crippen MR) is 46.0 cm³/mol. The molecule has 1 rings (SSSR count). The van der Waals surface area contributed by atoms with Crippen molar-refractivity contribution in [3.63, 3.8) is 0 Å². The molecule has 0 amide bonds. The second kappa shape index (κ2) is 4.56. The molecule has 0 fully saturated rings. The quantitative estimate of drug-likeness (QED) is 0.672. The first kappa shape index (κ1) is 8.80. The van der Waals surface area contributed by atoms with Gasteiger partial charge >= 0.3 is 0 Å². The lowest BCUT2D eigenvalue weighted by Gasteiger charge is -2.03. The summed E-state index contributed by atoms with van der Waals surface area (Å²) < 4.78 is 10.0. The van der Waals surface area contributed by atoms with Crippen molar-refractivity contribution in [3.05, 3.63) is 18.3 Å². The monoisotopic (exact) mass is 168 g/mol. The highest BCUT2D eigenvalue weighted by atomic mass is 16.5. The van der Waals surface area contributed by atoms with Crippen molar-refractivity contribution in [2.24, 2.45) is 0 Å². The molecule has 12 heavy (non-hydrogen) atoms. The molecule has 4 heteroatoms. The third-order valence-electron chi connectivity index (χ3n) is 1.30. The molecular weight excluding hydrogens is 156 g/mol. The van der Waals surface area contributed by atoms with Crippen LogP contribution in [0.2, 0.25) is 0 Å². The highest BCUT2D eigenvalue weighted by molar-refractivity contribution is 5.39. The van der Waals surface area contributed by atoms with Gasteiger partial charge in [-0.3, -0.25) is 0 Å². The third-order valence-corrected chi connectivity index (χ3v) is 1.30. The first-order valence-electron chi connectivity index (χ1n) is 3.66. The van der Waals surface area contributed by atoms with E-state index in [0.717, 1.165) is 0 Å². The number of rotatable bonds is 4. The molecule has 0 saturated carbocycles. The number of nitrogens with two attached hydrogens (primary N) is 1. The molecule has 0 bridgehead atoms. The van der Waals surface area contributed by atoms with E-state index in [0.29, 0.717) is 24.8 Å². The first-order chi connectivity index (χ1) is 5.83. The van der Waals surface area contributed by atoms with Crippen LogP contribution in [0.4, 0.5) is 5.69 Å². The van der Waals surface area contributed by atoms with E-state index < -0.39 is 0 Å². The summed E-state index contributed by atoms with van der Waals surface area (Å²) >= 11 is 0. The van der Waals surface area contributed by atoms with E-state index in [4.69, 9.17) is 15.2 Å². The van der Waals surface area contributed by atoms with E-state index in [9.17, 15) is 0 Å². The fourth-order valence-corrected chi connectivity index (χ4v) is 0.733. The topological polar surface area (TPSA) is 57.4 Å². The summed E-state index contributed by atoms with van der Waals surface area (Å²) in [6.07, 6.45) is 1.61. The maximum absolute atomic E-state index is 5.51. The SMILES string of the molecule is COCCOc1cc(N)ccn1. The van der Waals surface area contributed by atoms with Crippen LogP contribution in [0.25, 0.3) is 0 Å². The van der Waals surface area contributed by atoms with E-state index >= 15 is 0 Å². The van der Waals surface area contributed by atoms with Gasteiger partial charge in [-0.1, -0.05) is 0 Å². The Hall–Kier alpha value is -1.29. The van der Waals surface area contributed by atoms with Crippen LogP contribution in [0.1, 0.15) is 0 Å². The number of anilines is 1. The maximum atomic E-state index is 5.51. The normalized spacial score (nSPS) is 9.75. The maximum Gasteiger partial charge on any atom is 0.215 e. The average molecular weight is 168 g/mol. The Labute approximate surface area is 71.3 Å².